The summed E-state index contributed by atoms with van der Waals surface area (Å²) < 4.78 is 5.13. The summed E-state index contributed by atoms with van der Waals surface area (Å²) in [5, 5.41) is 16.7. The van der Waals surface area contributed by atoms with Gasteiger partial charge in [0.15, 0.2) is 12.4 Å². The van der Waals surface area contributed by atoms with Crippen LogP contribution in [0.2, 0.25) is 0 Å². The van der Waals surface area contributed by atoms with Crippen molar-refractivity contribution in [2.75, 3.05) is 38.4 Å². The Kier molecular flexibility index (Phi) is 13.4. The Morgan fingerprint density at radius 1 is 1.06 bits per heavy atom. The van der Waals surface area contributed by atoms with Gasteiger partial charge in [0, 0.05) is 14.4 Å². The normalized spacial score (nSPS) is 9.38. The molecular weight excluding hydrogens is 221 g/mol. The Hall–Kier alpha value is -0.830. The number of nitriles is 2. The molecule has 0 saturated heterocycles. The summed E-state index contributed by atoms with van der Waals surface area (Å²) in [5.74, 6) is 0. The zero-order valence-electron chi connectivity index (χ0n) is 10.8. The summed E-state index contributed by atoms with van der Waals surface area (Å²) in [6, 6.07) is 0. The summed E-state index contributed by atoms with van der Waals surface area (Å²) in [6.07, 6.45) is 8.32. The number of ether oxygens (including phenoxy) is 1. The van der Waals surface area contributed by atoms with E-state index in [1.54, 1.807) is 12.4 Å². The van der Waals surface area contributed by atoms with Crippen molar-refractivity contribution >= 4 is 7.26 Å². The topological polar surface area (TPSA) is 68.8 Å². The highest BCUT2D eigenvalue weighted by Crippen LogP contribution is 2.57. The average molecular weight is 244 g/mol. The summed E-state index contributed by atoms with van der Waals surface area (Å²) in [7, 11) is 1.22. The van der Waals surface area contributed by atoms with Gasteiger partial charge < -0.3 is 4.74 Å². The first-order chi connectivity index (χ1) is 7.66. The molecule has 0 aromatic rings. The molecule has 0 aliphatic carbocycles. The minimum Gasteiger partial charge on any atom is -0.381 e. The Labute approximate surface area is 99.9 Å². The van der Waals surface area contributed by atoms with Crippen molar-refractivity contribution < 1.29 is 4.74 Å². The molecule has 0 aliphatic rings. The van der Waals surface area contributed by atoms with Gasteiger partial charge in [0.05, 0.1) is 31.3 Å². The van der Waals surface area contributed by atoms with Gasteiger partial charge in [-0.05, 0) is 20.8 Å². The standard InChI is InChI=1S/C9H22OP.C2HN3/c1-5-11(6-2,7-3)9-8-10-4;3-1-5-2-4/h5-9H2,1-4H3;5H/q+1;. The molecule has 0 fully saturated rings. The van der Waals surface area contributed by atoms with Crippen molar-refractivity contribution in [2.45, 2.75) is 20.8 Å². The molecule has 0 heterocycles. The Bertz CT molecular complexity index is 208. The first-order valence-corrected chi connectivity index (χ1v) is 8.06. The van der Waals surface area contributed by atoms with E-state index < -0.39 is 7.26 Å². The fourth-order valence-corrected chi connectivity index (χ4v) is 4.32. The molecular formula is C11H23N3OP+. The van der Waals surface area contributed by atoms with Crippen molar-refractivity contribution in [3.8, 4) is 12.4 Å². The molecule has 0 atom stereocenters. The van der Waals surface area contributed by atoms with Gasteiger partial charge in [0.1, 0.15) is 0 Å². The molecule has 0 aromatic carbocycles. The highest BCUT2D eigenvalue weighted by molar-refractivity contribution is 7.75. The monoisotopic (exact) mass is 244 g/mol. The van der Waals surface area contributed by atoms with E-state index in [1.807, 2.05) is 0 Å². The Balaban J connectivity index is 0. The third-order valence-electron chi connectivity index (χ3n) is 2.89. The number of nitrogens with zero attached hydrogens (tertiary/aromatic N) is 2. The van der Waals surface area contributed by atoms with Crippen LogP contribution < -0.4 is 5.32 Å². The minimum atomic E-state index is -0.580. The number of methoxy groups -OCH3 is 1. The first kappa shape index (κ1) is 17.6. The second-order valence-corrected chi connectivity index (χ2v) is 8.38. The minimum absolute atomic E-state index is 0.580. The molecule has 0 amide bonds. The highest BCUT2D eigenvalue weighted by atomic mass is 31.2. The molecule has 0 aliphatic heterocycles. The maximum absolute atomic E-state index is 7.48. The molecule has 1 N–H and O–H groups in total. The van der Waals surface area contributed by atoms with E-state index in [1.165, 1.54) is 37.0 Å². The number of nitrogens with one attached hydrogen (secondary N) is 1. The maximum atomic E-state index is 7.48. The van der Waals surface area contributed by atoms with Crippen LogP contribution in [0.4, 0.5) is 0 Å². The quantitative estimate of drug-likeness (QED) is 0.442. The van der Waals surface area contributed by atoms with Crippen molar-refractivity contribution in [2.24, 2.45) is 0 Å². The number of rotatable bonds is 6. The van der Waals surface area contributed by atoms with Gasteiger partial charge in [-0.15, -0.1) is 0 Å². The van der Waals surface area contributed by atoms with Gasteiger partial charge in [0.25, 0.3) is 0 Å². The molecule has 0 unspecified atom stereocenters. The maximum Gasteiger partial charge on any atom is 0.190 e. The first-order valence-electron chi connectivity index (χ1n) is 5.53. The van der Waals surface area contributed by atoms with E-state index in [-0.39, 0.29) is 0 Å². The average Bonchev–Trinajstić information content (AvgIpc) is 2.34. The fraction of sp³-hybridized carbons (Fsp3) is 0.818. The van der Waals surface area contributed by atoms with Crippen molar-refractivity contribution in [1.29, 1.82) is 10.5 Å². The van der Waals surface area contributed by atoms with Gasteiger partial charge in [-0.25, -0.2) is 5.32 Å². The summed E-state index contributed by atoms with van der Waals surface area (Å²) >= 11 is 0. The van der Waals surface area contributed by atoms with Crippen LogP contribution in [0, 0.1) is 22.9 Å². The van der Waals surface area contributed by atoms with Crippen LogP contribution in [0.15, 0.2) is 0 Å². The zero-order chi connectivity index (χ0) is 12.9. The predicted molar refractivity (Wildman–Crippen MR) is 69.6 cm³/mol. The van der Waals surface area contributed by atoms with Gasteiger partial charge in [0.2, 0.25) is 0 Å². The van der Waals surface area contributed by atoms with Crippen molar-refractivity contribution in [3.05, 3.63) is 0 Å². The van der Waals surface area contributed by atoms with Gasteiger partial charge in [-0.3, -0.25) is 0 Å². The van der Waals surface area contributed by atoms with Gasteiger partial charge >= 0.3 is 0 Å². The number of hydrogen-bond acceptors (Lipinski definition) is 4. The Morgan fingerprint density at radius 3 is 1.69 bits per heavy atom. The Morgan fingerprint density at radius 2 is 1.50 bits per heavy atom. The summed E-state index contributed by atoms with van der Waals surface area (Å²) in [4.78, 5) is 0. The smallest absolute Gasteiger partial charge is 0.190 e. The van der Waals surface area contributed by atoms with E-state index in [0.717, 1.165) is 6.61 Å². The van der Waals surface area contributed by atoms with Gasteiger partial charge in [-0.1, -0.05) is 0 Å². The third kappa shape index (κ3) is 8.48. The molecule has 0 rings (SSSR count). The molecule has 0 saturated carbocycles. The molecule has 16 heavy (non-hydrogen) atoms. The van der Waals surface area contributed by atoms with E-state index in [9.17, 15) is 0 Å². The van der Waals surface area contributed by atoms with Crippen LogP contribution in [0.1, 0.15) is 20.8 Å². The molecule has 5 heteroatoms. The summed E-state index contributed by atoms with van der Waals surface area (Å²) in [5.41, 5.74) is 0. The largest absolute Gasteiger partial charge is 0.381 e. The number of hydrogen-bond donors (Lipinski definition) is 1. The molecule has 0 radical (unpaired) electrons. The molecule has 0 spiro atoms. The van der Waals surface area contributed by atoms with E-state index in [4.69, 9.17) is 15.3 Å². The van der Waals surface area contributed by atoms with Crippen LogP contribution in [0.3, 0.4) is 0 Å². The van der Waals surface area contributed by atoms with Crippen molar-refractivity contribution in [1.82, 2.24) is 5.32 Å². The lowest BCUT2D eigenvalue weighted by molar-refractivity contribution is 0.217. The lowest BCUT2D eigenvalue weighted by Crippen LogP contribution is -2.11. The molecule has 92 valence electrons. The van der Waals surface area contributed by atoms with E-state index >= 15 is 0 Å². The highest BCUT2D eigenvalue weighted by Gasteiger charge is 2.29. The van der Waals surface area contributed by atoms with Crippen LogP contribution in [0.25, 0.3) is 0 Å². The summed E-state index contributed by atoms with van der Waals surface area (Å²) in [6.45, 7) is 7.95. The van der Waals surface area contributed by atoms with Crippen LogP contribution in [-0.4, -0.2) is 38.4 Å². The third-order valence-corrected chi connectivity index (χ3v) is 8.05. The zero-order valence-corrected chi connectivity index (χ0v) is 11.7. The fourth-order valence-electron chi connectivity index (χ4n) is 1.46. The lowest BCUT2D eigenvalue weighted by Gasteiger charge is -2.22. The molecule has 0 aromatic heterocycles. The predicted octanol–water partition coefficient (Wildman–Crippen LogP) is 2.25. The molecule has 4 nitrogen and oxygen atoms in total. The van der Waals surface area contributed by atoms with Crippen LogP contribution >= 0.6 is 7.26 Å². The lowest BCUT2D eigenvalue weighted by atomic mass is 10.8. The second-order valence-electron chi connectivity index (χ2n) is 3.36. The van der Waals surface area contributed by atoms with Gasteiger partial charge in [-0.2, -0.15) is 10.5 Å². The van der Waals surface area contributed by atoms with Crippen molar-refractivity contribution in [3.63, 3.8) is 0 Å². The van der Waals surface area contributed by atoms with E-state index in [2.05, 4.69) is 20.8 Å². The van der Waals surface area contributed by atoms with E-state index in [0.29, 0.717) is 0 Å². The van der Waals surface area contributed by atoms with Crippen LogP contribution in [-0.2, 0) is 4.74 Å². The van der Waals surface area contributed by atoms with Crippen LogP contribution in [0.5, 0.6) is 0 Å². The molecule has 0 bridgehead atoms. The SMILES string of the molecule is CC[P+](CC)(CC)CCOC.N#CNC#N. The second kappa shape index (κ2) is 12.2.